The molecule has 0 aliphatic heterocycles. The molecule has 0 aromatic carbocycles. The van der Waals surface area contributed by atoms with Crippen LogP contribution >= 0.6 is 23.1 Å². The van der Waals surface area contributed by atoms with Crippen LogP contribution in [0.3, 0.4) is 0 Å². The van der Waals surface area contributed by atoms with Crippen molar-refractivity contribution >= 4 is 34.1 Å². The molecule has 0 fully saturated rings. The SMILES string of the molecule is COC1C=CC(SC2=CC(C)C(c3csc(NC(=O)c4ccncc4)n3)C(C)=C2)=CC1. The van der Waals surface area contributed by atoms with E-state index in [1.165, 1.54) is 26.7 Å². The number of ether oxygens (including phenoxy) is 1. The minimum absolute atomic E-state index is 0.171. The van der Waals surface area contributed by atoms with Gasteiger partial charge in [0.2, 0.25) is 0 Å². The van der Waals surface area contributed by atoms with Crippen LogP contribution in [0.5, 0.6) is 0 Å². The lowest BCUT2D eigenvalue weighted by Crippen LogP contribution is -2.15. The van der Waals surface area contributed by atoms with Crippen molar-refractivity contribution < 1.29 is 9.53 Å². The molecule has 3 unspecified atom stereocenters. The predicted molar refractivity (Wildman–Crippen MR) is 128 cm³/mol. The van der Waals surface area contributed by atoms with Gasteiger partial charge in [0.05, 0.1) is 11.8 Å². The number of hydrogen-bond acceptors (Lipinski definition) is 6. The Hall–Kier alpha value is -2.48. The molecule has 2 heterocycles. The summed E-state index contributed by atoms with van der Waals surface area (Å²) < 4.78 is 5.38. The van der Waals surface area contributed by atoms with Crippen LogP contribution in [0, 0.1) is 5.92 Å². The number of anilines is 1. The highest BCUT2D eigenvalue weighted by molar-refractivity contribution is 8.07. The van der Waals surface area contributed by atoms with E-state index in [4.69, 9.17) is 9.72 Å². The maximum atomic E-state index is 12.4. The van der Waals surface area contributed by atoms with Gasteiger partial charge in [0.15, 0.2) is 5.13 Å². The Bertz CT molecular complexity index is 1070. The number of thiazole rings is 1. The van der Waals surface area contributed by atoms with Crippen molar-refractivity contribution in [1.82, 2.24) is 9.97 Å². The van der Waals surface area contributed by atoms with Crippen molar-refractivity contribution in [1.29, 1.82) is 0 Å². The van der Waals surface area contributed by atoms with E-state index in [0.29, 0.717) is 16.6 Å². The van der Waals surface area contributed by atoms with E-state index in [2.05, 4.69) is 54.5 Å². The van der Waals surface area contributed by atoms with Crippen molar-refractivity contribution in [2.75, 3.05) is 12.4 Å². The van der Waals surface area contributed by atoms with E-state index in [9.17, 15) is 4.79 Å². The maximum absolute atomic E-state index is 12.4. The number of methoxy groups -OCH3 is 1. The Labute approximate surface area is 191 Å². The second-order valence-electron chi connectivity index (χ2n) is 7.64. The molecule has 3 atom stereocenters. The van der Waals surface area contributed by atoms with E-state index in [1.54, 1.807) is 43.4 Å². The average molecular weight is 452 g/mol. The summed E-state index contributed by atoms with van der Waals surface area (Å²) in [5, 5.41) is 5.56. The fraction of sp³-hybridized carbons (Fsp3) is 0.292. The van der Waals surface area contributed by atoms with E-state index in [0.717, 1.165) is 12.1 Å². The second kappa shape index (κ2) is 9.77. The molecule has 7 heteroatoms. The predicted octanol–water partition coefficient (Wildman–Crippen LogP) is 5.95. The molecule has 0 bridgehead atoms. The van der Waals surface area contributed by atoms with Crippen LogP contribution in [-0.2, 0) is 4.74 Å². The first-order valence-corrected chi connectivity index (χ1v) is 11.9. The van der Waals surface area contributed by atoms with Crippen LogP contribution < -0.4 is 5.32 Å². The summed E-state index contributed by atoms with van der Waals surface area (Å²) in [7, 11) is 1.74. The first-order chi connectivity index (χ1) is 15.0. The first-order valence-electron chi connectivity index (χ1n) is 10.2. The Kier molecular flexibility index (Phi) is 6.85. The van der Waals surface area contributed by atoms with Crippen LogP contribution in [0.4, 0.5) is 5.13 Å². The Balaban J connectivity index is 1.42. The van der Waals surface area contributed by atoms with Crippen molar-refractivity contribution in [2.45, 2.75) is 32.3 Å². The lowest BCUT2D eigenvalue weighted by atomic mass is 9.82. The van der Waals surface area contributed by atoms with Gasteiger partial charge in [-0.05, 0) is 43.5 Å². The fourth-order valence-corrected chi connectivity index (χ4v) is 5.69. The molecule has 31 heavy (non-hydrogen) atoms. The molecule has 2 aromatic rings. The summed E-state index contributed by atoms with van der Waals surface area (Å²) in [6, 6.07) is 3.38. The van der Waals surface area contributed by atoms with Crippen molar-refractivity contribution in [3.05, 3.63) is 86.9 Å². The molecule has 2 aliphatic rings. The van der Waals surface area contributed by atoms with E-state index >= 15 is 0 Å². The van der Waals surface area contributed by atoms with Gasteiger partial charge in [0, 0.05) is 46.2 Å². The molecular weight excluding hydrogens is 426 g/mol. The molecule has 1 N–H and O–H groups in total. The lowest BCUT2D eigenvalue weighted by molar-refractivity contribution is 0.102. The van der Waals surface area contributed by atoms with Crippen molar-refractivity contribution in [2.24, 2.45) is 5.92 Å². The minimum atomic E-state index is -0.171. The third-order valence-corrected chi connectivity index (χ3v) is 7.19. The highest BCUT2D eigenvalue weighted by Gasteiger charge is 2.26. The number of hydrogen-bond donors (Lipinski definition) is 1. The van der Waals surface area contributed by atoms with Gasteiger partial charge in [-0.1, -0.05) is 42.5 Å². The number of nitrogens with zero attached hydrogens (tertiary/aromatic N) is 2. The summed E-state index contributed by atoms with van der Waals surface area (Å²) in [6.07, 6.45) is 15.4. The van der Waals surface area contributed by atoms with Gasteiger partial charge < -0.3 is 4.74 Å². The largest absolute Gasteiger partial charge is 0.377 e. The van der Waals surface area contributed by atoms with E-state index < -0.39 is 0 Å². The number of nitrogens with one attached hydrogen (secondary N) is 1. The number of rotatable bonds is 6. The monoisotopic (exact) mass is 451 g/mol. The first kappa shape index (κ1) is 21.7. The number of pyridine rings is 1. The fourth-order valence-electron chi connectivity index (χ4n) is 3.83. The molecule has 0 spiro atoms. The second-order valence-corrected chi connectivity index (χ2v) is 9.64. The van der Waals surface area contributed by atoms with Gasteiger partial charge in [-0.25, -0.2) is 4.98 Å². The Morgan fingerprint density at radius 2 is 2.10 bits per heavy atom. The molecule has 0 radical (unpaired) electrons. The normalized spacial score (nSPS) is 23.1. The van der Waals surface area contributed by atoms with Gasteiger partial charge in [-0.3, -0.25) is 15.1 Å². The van der Waals surface area contributed by atoms with Gasteiger partial charge in [-0.2, -0.15) is 0 Å². The maximum Gasteiger partial charge on any atom is 0.257 e. The van der Waals surface area contributed by atoms with E-state index in [1.807, 2.05) is 5.38 Å². The number of carbonyl (C=O) groups excluding carboxylic acids is 1. The minimum Gasteiger partial charge on any atom is -0.377 e. The zero-order valence-electron chi connectivity index (χ0n) is 17.7. The number of amides is 1. The third-order valence-electron chi connectivity index (χ3n) is 5.38. The Morgan fingerprint density at radius 3 is 2.77 bits per heavy atom. The summed E-state index contributed by atoms with van der Waals surface area (Å²) >= 11 is 3.25. The average Bonchev–Trinajstić information content (AvgIpc) is 3.22. The molecule has 2 aromatic heterocycles. The van der Waals surface area contributed by atoms with Gasteiger partial charge >= 0.3 is 0 Å². The van der Waals surface area contributed by atoms with Crippen molar-refractivity contribution in [3.8, 4) is 0 Å². The van der Waals surface area contributed by atoms with E-state index in [-0.39, 0.29) is 17.9 Å². The summed E-state index contributed by atoms with van der Waals surface area (Å²) in [5.41, 5.74) is 2.85. The van der Waals surface area contributed by atoms with Gasteiger partial charge in [0.25, 0.3) is 5.91 Å². The van der Waals surface area contributed by atoms with Crippen LogP contribution in [0.2, 0.25) is 0 Å². The highest BCUT2D eigenvalue weighted by Crippen LogP contribution is 2.42. The molecular formula is C24H25N3O2S2. The van der Waals surface area contributed by atoms with Crippen molar-refractivity contribution in [3.63, 3.8) is 0 Å². The number of carbonyl (C=O) groups is 1. The van der Waals surface area contributed by atoms with Gasteiger partial charge in [-0.15, -0.1) is 11.3 Å². The van der Waals surface area contributed by atoms with Crippen LogP contribution in [0.1, 0.15) is 42.2 Å². The molecule has 0 saturated carbocycles. The Morgan fingerprint density at radius 1 is 1.29 bits per heavy atom. The molecule has 4 rings (SSSR count). The highest BCUT2D eigenvalue weighted by atomic mass is 32.2. The quantitative estimate of drug-likeness (QED) is 0.588. The topological polar surface area (TPSA) is 64.1 Å². The van der Waals surface area contributed by atoms with Crippen LogP contribution in [-0.4, -0.2) is 29.1 Å². The summed E-state index contributed by atoms with van der Waals surface area (Å²) in [5.74, 6) is 0.356. The lowest BCUT2D eigenvalue weighted by Gasteiger charge is -2.26. The number of aromatic nitrogens is 2. The molecule has 2 aliphatic carbocycles. The molecule has 5 nitrogen and oxygen atoms in total. The van der Waals surface area contributed by atoms with Crippen LogP contribution in [0.25, 0.3) is 0 Å². The number of allylic oxidation sites excluding steroid dienone is 4. The third kappa shape index (κ3) is 5.23. The number of thioether (sulfide) groups is 1. The molecule has 1 amide bonds. The van der Waals surface area contributed by atoms with Crippen LogP contribution in [0.15, 0.2) is 75.7 Å². The summed E-state index contributed by atoms with van der Waals surface area (Å²) in [6.45, 7) is 4.39. The standard InChI is InChI=1S/C24H25N3O2S2/c1-15-12-20(31-19-6-4-18(29-3)5-7-19)13-16(2)22(15)21-14-30-24(26-21)27-23(28)17-8-10-25-11-9-17/h4,6-15,18,22H,5H2,1-3H3,(H,26,27,28). The summed E-state index contributed by atoms with van der Waals surface area (Å²) in [4.78, 5) is 23.6. The molecule has 160 valence electrons. The molecule has 0 saturated heterocycles. The van der Waals surface area contributed by atoms with Gasteiger partial charge in [0.1, 0.15) is 0 Å². The zero-order chi connectivity index (χ0) is 21.8. The zero-order valence-corrected chi connectivity index (χ0v) is 19.4. The smallest absolute Gasteiger partial charge is 0.257 e.